The van der Waals surface area contributed by atoms with Gasteiger partial charge < -0.3 is 10.1 Å². The predicted octanol–water partition coefficient (Wildman–Crippen LogP) is 2.86. The minimum absolute atomic E-state index is 0.0327. The lowest BCUT2D eigenvalue weighted by atomic mass is 10.0. The van der Waals surface area contributed by atoms with Crippen molar-refractivity contribution in [3.63, 3.8) is 0 Å². The maximum atomic E-state index is 11.9. The molecule has 0 aliphatic rings. The molecule has 0 saturated heterocycles. The van der Waals surface area contributed by atoms with Crippen molar-refractivity contribution in [2.45, 2.75) is 33.1 Å². The number of nitrogens with zero attached hydrogens (tertiary/aromatic N) is 1. The van der Waals surface area contributed by atoms with Crippen molar-refractivity contribution in [1.29, 1.82) is 0 Å². The molecular formula is C19H23N3O4S. The third-order valence-electron chi connectivity index (χ3n) is 3.66. The van der Waals surface area contributed by atoms with Crippen LogP contribution in [-0.4, -0.2) is 36.0 Å². The second-order valence-corrected chi connectivity index (χ2v) is 7.02. The zero-order valence-corrected chi connectivity index (χ0v) is 16.4. The third-order valence-corrected chi connectivity index (χ3v) is 4.60. The van der Waals surface area contributed by atoms with Gasteiger partial charge in [0.05, 0.1) is 12.1 Å². The number of ether oxygens (including phenoxy) is 1. The molecular weight excluding hydrogens is 366 g/mol. The molecule has 0 aliphatic carbocycles. The number of rotatable bonds is 7. The molecule has 0 bridgehead atoms. The van der Waals surface area contributed by atoms with Gasteiger partial charge in [0, 0.05) is 17.5 Å². The number of thiazole rings is 1. The van der Waals surface area contributed by atoms with Crippen molar-refractivity contribution >= 4 is 29.2 Å². The molecule has 27 heavy (non-hydrogen) atoms. The highest BCUT2D eigenvalue weighted by atomic mass is 32.1. The number of carbonyl (C=O) groups is 3. The lowest BCUT2D eigenvalue weighted by Crippen LogP contribution is -2.41. The van der Waals surface area contributed by atoms with Gasteiger partial charge in [-0.25, -0.2) is 9.78 Å². The van der Waals surface area contributed by atoms with Gasteiger partial charge in [0.15, 0.2) is 6.61 Å². The fourth-order valence-corrected chi connectivity index (χ4v) is 3.07. The number of carbonyl (C=O) groups excluding carboxylic acids is 3. The van der Waals surface area contributed by atoms with Crippen molar-refractivity contribution in [3.8, 4) is 10.6 Å². The summed E-state index contributed by atoms with van der Waals surface area (Å²) >= 11 is 1.45. The van der Waals surface area contributed by atoms with Gasteiger partial charge in [-0.1, -0.05) is 38.1 Å². The Morgan fingerprint density at radius 2 is 1.89 bits per heavy atom. The van der Waals surface area contributed by atoms with Gasteiger partial charge in [-0.2, -0.15) is 0 Å². The Morgan fingerprint density at radius 1 is 1.19 bits per heavy atom. The molecule has 1 aromatic heterocycles. The fourth-order valence-electron chi connectivity index (χ4n) is 2.24. The average Bonchev–Trinajstić information content (AvgIpc) is 3.08. The molecule has 144 valence electrons. The zero-order valence-electron chi connectivity index (χ0n) is 15.6. The second-order valence-electron chi connectivity index (χ2n) is 6.17. The minimum atomic E-state index is -0.682. The molecule has 8 heteroatoms. The number of imide groups is 1. The van der Waals surface area contributed by atoms with Crippen LogP contribution in [0.3, 0.4) is 0 Å². The van der Waals surface area contributed by atoms with Crippen LogP contribution in [0.2, 0.25) is 0 Å². The molecule has 0 fully saturated rings. The summed E-state index contributed by atoms with van der Waals surface area (Å²) < 4.78 is 4.88. The van der Waals surface area contributed by atoms with Crippen LogP contribution in [0.25, 0.3) is 10.6 Å². The van der Waals surface area contributed by atoms with Crippen LogP contribution < -0.4 is 10.6 Å². The van der Waals surface area contributed by atoms with Gasteiger partial charge in [-0.15, -0.1) is 11.3 Å². The van der Waals surface area contributed by atoms with Gasteiger partial charge in [0.1, 0.15) is 5.01 Å². The number of benzene rings is 1. The molecule has 2 aromatic rings. The largest absolute Gasteiger partial charge is 0.455 e. The number of hydrogen-bond donors (Lipinski definition) is 2. The first-order valence-electron chi connectivity index (χ1n) is 8.67. The summed E-state index contributed by atoms with van der Waals surface area (Å²) in [5, 5.41) is 7.08. The van der Waals surface area contributed by atoms with E-state index in [-0.39, 0.29) is 6.42 Å². The first-order valence-corrected chi connectivity index (χ1v) is 9.55. The number of esters is 1. The van der Waals surface area contributed by atoms with Crippen molar-refractivity contribution < 1.29 is 19.1 Å². The van der Waals surface area contributed by atoms with Crippen molar-refractivity contribution in [2.75, 3.05) is 13.2 Å². The highest BCUT2D eigenvalue weighted by Gasteiger charge is 2.13. The van der Waals surface area contributed by atoms with E-state index < -0.39 is 24.5 Å². The van der Waals surface area contributed by atoms with E-state index >= 15 is 0 Å². The van der Waals surface area contributed by atoms with Crippen LogP contribution in [0.15, 0.2) is 29.6 Å². The molecule has 1 heterocycles. The molecule has 0 atom stereocenters. The molecule has 2 rings (SSSR count). The number of urea groups is 1. The molecule has 1 aromatic carbocycles. The van der Waals surface area contributed by atoms with Gasteiger partial charge >= 0.3 is 12.0 Å². The number of nitrogens with one attached hydrogen (secondary N) is 2. The molecule has 0 aliphatic heterocycles. The number of hydrogen-bond acceptors (Lipinski definition) is 6. The normalized spacial score (nSPS) is 10.5. The Morgan fingerprint density at radius 3 is 2.52 bits per heavy atom. The van der Waals surface area contributed by atoms with Crippen LogP contribution in [0.1, 0.15) is 37.9 Å². The van der Waals surface area contributed by atoms with E-state index in [9.17, 15) is 14.4 Å². The van der Waals surface area contributed by atoms with E-state index in [0.29, 0.717) is 18.2 Å². The van der Waals surface area contributed by atoms with Crippen LogP contribution in [0, 0.1) is 0 Å². The topological polar surface area (TPSA) is 97.4 Å². The van der Waals surface area contributed by atoms with E-state index in [0.717, 1.165) is 10.6 Å². The Bertz CT molecular complexity index is 800. The summed E-state index contributed by atoms with van der Waals surface area (Å²) in [6, 6.07) is 7.56. The molecule has 0 radical (unpaired) electrons. The summed E-state index contributed by atoms with van der Waals surface area (Å²) in [5.41, 5.74) is 2.83. The van der Waals surface area contributed by atoms with Gasteiger partial charge in [-0.3, -0.25) is 14.9 Å². The van der Waals surface area contributed by atoms with E-state index in [2.05, 4.69) is 41.6 Å². The molecule has 0 spiro atoms. The number of aromatic nitrogens is 1. The van der Waals surface area contributed by atoms with Crippen LogP contribution in [0.5, 0.6) is 0 Å². The summed E-state index contributed by atoms with van der Waals surface area (Å²) in [7, 11) is 0. The summed E-state index contributed by atoms with van der Waals surface area (Å²) in [6.45, 7) is 5.89. The maximum absolute atomic E-state index is 11.9. The molecule has 2 N–H and O–H groups in total. The molecule has 0 saturated carbocycles. The number of amides is 3. The third kappa shape index (κ3) is 6.49. The summed E-state index contributed by atoms with van der Waals surface area (Å²) in [6.07, 6.45) is -0.0327. The van der Waals surface area contributed by atoms with Gasteiger partial charge in [0.2, 0.25) is 0 Å². The second kappa shape index (κ2) is 9.82. The van der Waals surface area contributed by atoms with Crippen molar-refractivity contribution in [2.24, 2.45) is 0 Å². The Balaban J connectivity index is 1.85. The van der Waals surface area contributed by atoms with Crippen LogP contribution in [-0.2, 0) is 20.7 Å². The minimum Gasteiger partial charge on any atom is -0.455 e. The van der Waals surface area contributed by atoms with Crippen LogP contribution in [0.4, 0.5) is 4.79 Å². The SMILES string of the molecule is CCNC(=O)NC(=O)COC(=O)Cc1csc(-c2ccc(C(C)C)cc2)n1. The van der Waals surface area contributed by atoms with E-state index in [1.165, 1.54) is 16.9 Å². The lowest BCUT2D eigenvalue weighted by Gasteiger charge is -2.06. The molecule has 7 nitrogen and oxygen atoms in total. The zero-order chi connectivity index (χ0) is 19.8. The predicted molar refractivity (Wildman–Crippen MR) is 104 cm³/mol. The highest BCUT2D eigenvalue weighted by Crippen LogP contribution is 2.26. The maximum Gasteiger partial charge on any atom is 0.321 e. The lowest BCUT2D eigenvalue weighted by molar-refractivity contribution is -0.147. The average molecular weight is 389 g/mol. The van der Waals surface area contributed by atoms with Gasteiger partial charge in [0.25, 0.3) is 5.91 Å². The summed E-state index contributed by atoms with van der Waals surface area (Å²) in [5.74, 6) is -0.794. The Kier molecular flexibility index (Phi) is 7.48. The van der Waals surface area contributed by atoms with Gasteiger partial charge in [-0.05, 0) is 18.4 Å². The first-order chi connectivity index (χ1) is 12.9. The van der Waals surface area contributed by atoms with E-state index in [1.807, 2.05) is 12.1 Å². The quantitative estimate of drug-likeness (QED) is 0.710. The smallest absolute Gasteiger partial charge is 0.321 e. The Hall–Kier alpha value is -2.74. The first kappa shape index (κ1) is 20.6. The monoisotopic (exact) mass is 389 g/mol. The van der Waals surface area contributed by atoms with Crippen molar-refractivity contribution in [1.82, 2.24) is 15.6 Å². The summed E-state index contributed by atoms with van der Waals surface area (Å²) in [4.78, 5) is 39.0. The van der Waals surface area contributed by atoms with E-state index in [4.69, 9.17) is 4.74 Å². The molecule has 3 amide bonds. The van der Waals surface area contributed by atoms with Crippen LogP contribution >= 0.6 is 11.3 Å². The van der Waals surface area contributed by atoms with Crippen molar-refractivity contribution in [3.05, 3.63) is 40.9 Å². The standard InChI is InChI=1S/C19H23N3O4S/c1-4-20-19(25)22-16(23)10-26-17(24)9-15-11-27-18(21-15)14-7-5-13(6-8-14)12(2)3/h5-8,11-12H,4,9-10H2,1-3H3,(H2,20,22,23,25). The Labute approximate surface area is 162 Å². The highest BCUT2D eigenvalue weighted by molar-refractivity contribution is 7.13. The van der Waals surface area contributed by atoms with E-state index in [1.54, 1.807) is 12.3 Å². The fraction of sp³-hybridized carbons (Fsp3) is 0.368. The molecule has 0 unspecified atom stereocenters.